The van der Waals surface area contributed by atoms with E-state index in [0.29, 0.717) is 6.04 Å². The average molecular weight is 438 g/mol. The van der Waals surface area contributed by atoms with Gasteiger partial charge in [0.25, 0.3) is 0 Å². The topological polar surface area (TPSA) is 21.7 Å². The van der Waals surface area contributed by atoms with Crippen molar-refractivity contribution in [2.75, 3.05) is 13.7 Å². The van der Waals surface area contributed by atoms with Crippen LogP contribution in [0.4, 0.5) is 4.39 Å². The van der Waals surface area contributed by atoms with E-state index in [1.165, 1.54) is 46.4 Å². The Kier molecular flexibility index (Phi) is 6.83. The summed E-state index contributed by atoms with van der Waals surface area (Å²) in [7, 11) is 1.72. The SMILES string of the molecule is CC.COc1ccc2c(c1)CCN1Cc3cc(OSc4cccc(F)c4)ccc3CC21. The highest BCUT2D eigenvalue weighted by Gasteiger charge is 2.32. The second-order valence-electron chi connectivity index (χ2n) is 7.56. The number of benzene rings is 3. The quantitative estimate of drug-likeness (QED) is 0.429. The van der Waals surface area contributed by atoms with Crippen LogP contribution >= 0.6 is 12.0 Å². The average Bonchev–Trinajstić information content (AvgIpc) is 2.82. The summed E-state index contributed by atoms with van der Waals surface area (Å²) in [6, 6.07) is 19.7. The molecule has 162 valence electrons. The van der Waals surface area contributed by atoms with Gasteiger partial charge < -0.3 is 8.92 Å². The summed E-state index contributed by atoms with van der Waals surface area (Å²) >= 11 is 1.19. The number of ether oxygens (including phenoxy) is 1. The third-order valence-corrected chi connectivity index (χ3v) is 6.54. The van der Waals surface area contributed by atoms with Gasteiger partial charge in [0.15, 0.2) is 0 Å². The second-order valence-corrected chi connectivity index (χ2v) is 8.36. The van der Waals surface area contributed by atoms with Crippen LogP contribution in [-0.2, 0) is 19.4 Å². The van der Waals surface area contributed by atoms with Gasteiger partial charge in [-0.3, -0.25) is 4.90 Å². The van der Waals surface area contributed by atoms with Crippen LogP contribution in [0, 0.1) is 5.82 Å². The van der Waals surface area contributed by atoms with E-state index in [9.17, 15) is 4.39 Å². The van der Waals surface area contributed by atoms with Crippen LogP contribution in [0.15, 0.2) is 65.6 Å². The van der Waals surface area contributed by atoms with E-state index in [0.717, 1.165) is 42.3 Å². The van der Waals surface area contributed by atoms with Crippen LogP contribution in [0.2, 0.25) is 0 Å². The molecule has 31 heavy (non-hydrogen) atoms. The van der Waals surface area contributed by atoms with E-state index in [-0.39, 0.29) is 5.82 Å². The molecule has 1 atom stereocenters. The smallest absolute Gasteiger partial charge is 0.138 e. The molecule has 5 heteroatoms. The molecule has 0 aromatic heterocycles. The van der Waals surface area contributed by atoms with Gasteiger partial charge in [-0.2, -0.15) is 0 Å². The first-order chi connectivity index (χ1) is 15.2. The molecule has 2 aliphatic heterocycles. The van der Waals surface area contributed by atoms with Gasteiger partial charge in [-0.1, -0.05) is 32.0 Å². The normalized spacial score (nSPS) is 16.8. The fraction of sp³-hybridized carbons (Fsp3) is 0.308. The Bertz CT molecular complexity index is 1060. The summed E-state index contributed by atoms with van der Waals surface area (Å²) < 4.78 is 24.6. The highest BCUT2D eigenvalue weighted by Crippen LogP contribution is 2.40. The summed E-state index contributed by atoms with van der Waals surface area (Å²) in [5, 5.41) is 0. The zero-order valence-electron chi connectivity index (χ0n) is 18.2. The fourth-order valence-corrected chi connectivity index (χ4v) is 4.93. The minimum atomic E-state index is -0.252. The minimum Gasteiger partial charge on any atom is -0.497 e. The van der Waals surface area contributed by atoms with Crippen LogP contribution in [0.1, 0.15) is 42.1 Å². The molecular weight excluding hydrogens is 409 g/mol. The summed E-state index contributed by atoms with van der Waals surface area (Å²) in [4.78, 5) is 3.31. The van der Waals surface area contributed by atoms with E-state index >= 15 is 0 Å². The molecule has 2 aliphatic rings. The molecule has 0 aliphatic carbocycles. The zero-order valence-corrected chi connectivity index (χ0v) is 19.0. The minimum absolute atomic E-state index is 0.252. The van der Waals surface area contributed by atoms with Crippen molar-refractivity contribution in [3.05, 3.63) is 88.7 Å². The first kappa shape index (κ1) is 21.7. The molecule has 0 radical (unpaired) electrons. The summed E-state index contributed by atoms with van der Waals surface area (Å²) in [5.41, 5.74) is 5.51. The summed E-state index contributed by atoms with van der Waals surface area (Å²) in [6.45, 7) is 5.97. The molecule has 3 aromatic carbocycles. The van der Waals surface area contributed by atoms with E-state index in [1.807, 2.05) is 26.0 Å². The van der Waals surface area contributed by atoms with Gasteiger partial charge in [-0.15, -0.1) is 0 Å². The number of fused-ring (bicyclic) bond motifs is 4. The largest absolute Gasteiger partial charge is 0.497 e. The molecule has 5 rings (SSSR count). The van der Waals surface area contributed by atoms with Gasteiger partial charge in [-0.25, -0.2) is 4.39 Å². The summed E-state index contributed by atoms with van der Waals surface area (Å²) in [5.74, 6) is 1.49. The summed E-state index contributed by atoms with van der Waals surface area (Å²) in [6.07, 6.45) is 2.05. The van der Waals surface area contributed by atoms with Gasteiger partial charge in [0.05, 0.1) is 24.0 Å². The third-order valence-electron chi connectivity index (χ3n) is 5.81. The number of hydrogen-bond donors (Lipinski definition) is 0. The molecule has 0 fully saturated rings. The van der Waals surface area contributed by atoms with Crippen molar-refractivity contribution in [2.24, 2.45) is 0 Å². The zero-order chi connectivity index (χ0) is 21.8. The first-order valence-electron chi connectivity index (χ1n) is 10.8. The third kappa shape index (κ3) is 4.73. The van der Waals surface area contributed by atoms with Crippen molar-refractivity contribution in [1.29, 1.82) is 0 Å². The molecule has 3 nitrogen and oxygen atoms in total. The molecule has 0 saturated carbocycles. The van der Waals surface area contributed by atoms with E-state index < -0.39 is 0 Å². The molecule has 0 bridgehead atoms. The lowest BCUT2D eigenvalue weighted by Gasteiger charge is -2.41. The van der Waals surface area contributed by atoms with Gasteiger partial charge >= 0.3 is 0 Å². The number of methoxy groups -OCH3 is 1. The van der Waals surface area contributed by atoms with Crippen molar-refractivity contribution >= 4 is 12.0 Å². The Morgan fingerprint density at radius 1 is 0.935 bits per heavy atom. The fourth-order valence-electron chi connectivity index (χ4n) is 4.34. The van der Waals surface area contributed by atoms with Crippen molar-refractivity contribution in [3.63, 3.8) is 0 Å². The van der Waals surface area contributed by atoms with Crippen molar-refractivity contribution < 1.29 is 13.3 Å². The van der Waals surface area contributed by atoms with E-state index in [2.05, 4.69) is 35.2 Å². The Hall–Kier alpha value is -2.50. The van der Waals surface area contributed by atoms with Crippen molar-refractivity contribution in [1.82, 2.24) is 4.90 Å². The van der Waals surface area contributed by atoms with Crippen LogP contribution in [0.25, 0.3) is 0 Å². The van der Waals surface area contributed by atoms with E-state index in [1.54, 1.807) is 13.2 Å². The van der Waals surface area contributed by atoms with Crippen molar-refractivity contribution in [3.8, 4) is 11.5 Å². The Morgan fingerprint density at radius 3 is 2.55 bits per heavy atom. The van der Waals surface area contributed by atoms with Crippen LogP contribution in [0.3, 0.4) is 0 Å². The van der Waals surface area contributed by atoms with E-state index in [4.69, 9.17) is 8.92 Å². The Labute approximate surface area is 188 Å². The second kappa shape index (κ2) is 9.75. The van der Waals surface area contributed by atoms with Crippen LogP contribution < -0.4 is 8.92 Å². The van der Waals surface area contributed by atoms with Gasteiger partial charge in [-0.05, 0) is 77.6 Å². The molecule has 2 heterocycles. The molecule has 1 unspecified atom stereocenters. The highest BCUT2D eigenvalue weighted by molar-refractivity contribution is 7.95. The van der Waals surface area contributed by atoms with Gasteiger partial charge in [0.2, 0.25) is 0 Å². The maximum absolute atomic E-state index is 13.3. The Balaban J connectivity index is 0.00000112. The predicted molar refractivity (Wildman–Crippen MR) is 124 cm³/mol. The lowest BCUT2D eigenvalue weighted by molar-refractivity contribution is 0.160. The highest BCUT2D eigenvalue weighted by atomic mass is 32.2. The lowest BCUT2D eigenvalue weighted by atomic mass is 9.84. The number of hydrogen-bond acceptors (Lipinski definition) is 4. The predicted octanol–water partition coefficient (Wildman–Crippen LogP) is 6.60. The van der Waals surface area contributed by atoms with Crippen LogP contribution in [-0.4, -0.2) is 18.6 Å². The van der Waals surface area contributed by atoms with Gasteiger partial charge in [0, 0.05) is 19.1 Å². The standard InChI is InChI=1S/C24H22FNO2S.C2H6/c1-27-20-7-8-23-17(11-20)9-10-26-15-18-12-21(6-5-16(18)13-24(23)26)28-29-22-4-2-3-19(25)14-22;1-2/h2-8,11-12,14,24H,9-10,13,15H2,1H3;1-2H3. The first-order valence-corrected chi connectivity index (χ1v) is 11.6. The van der Waals surface area contributed by atoms with Crippen molar-refractivity contribution in [2.45, 2.75) is 44.2 Å². The molecule has 0 N–H and O–H groups in total. The number of nitrogens with zero attached hydrogens (tertiary/aromatic N) is 1. The molecule has 0 spiro atoms. The molecule has 3 aromatic rings. The van der Waals surface area contributed by atoms with Gasteiger partial charge in [0.1, 0.15) is 17.3 Å². The maximum atomic E-state index is 13.3. The number of rotatable bonds is 4. The maximum Gasteiger partial charge on any atom is 0.138 e. The molecule has 0 amide bonds. The number of halogens is 1. The molecule has 0 saturated heterocycles. The lowest BCUT2D eigenvalue weighted by Crippen LogP contribution is -2.39. The van der Waals surface area contributed by atoms with Crippen LogP contribution in [0.5, 0.6) is 11.5 Å². The Morgan fingerprint density at radius 2 is 1.74 bits per heavy atom. The monoisotopic (exact) mass is 437 g/mol. The molecular formula is C26H28FNO2S.